The van der Waals surface area contributed by atoms with Crippen molar-refractivity contribution in [3.63, 3.8) is 0 Å². The molecule has 5 heteroatoms. The minimum Gasteiger partial charge on any atom is -0.297 e. The number of amides is 2. The van der Waals surface area contributed by atoms with Gasteiger partial charge in [0.05, 0.1) is 22.7 Å². The van der Waals surface area contributed by atoms with Gasteiger partial charge >= 0.3 is 0 Å². The summed E-state index contributed by atoms with van der Waals surface area (Å²) < 4.78 is 0. The summed E-state index contributed by atoms with van der Waals surface area (Å²) in [6.07, 6.45) is 5.96. The molecule has 5 atom stereocenters. The lowest BCUT2D eigenvalue weighted by atomic mass is 9.72. The van der Waals surface area contributed by atoms with E-state index >= 15 is 0 Å². The molecule has 7 rings (SSSR count). The first kappa shape index (κ1) is 19.4. The van der Waals surface area contributed by atoms with Gasteiger partial charge in [-0.3, -0.25) is 24.4 Å². The molecule has 2 aromatic carbocycles. The SMILES string of the molecule is C=C[C@H]1CN2CC[C@H]1C[C@@H]2[C@@H](c1ccnc2ccccc12)N1C(=O)c2ccccc2C1=O. The minimum atomic E-state index is -0.358. The number of carbonyl (C=O) groups excluding carboxylic acids is 2. The van der Waals surface area contributed by atoms with Crippen LogP contribution in [0.25, 0.3) is 10.9 Å². The van der Waals surface area contributed by atoms with Crippen LogP contribution < -0.4 is 0 Å². The van der Waals surface area contributed by atoms with Crippen molar-refractivity contribution in [2.24, 2.45) is 11.8 Å². The number of carbonyl (C=O) groups is 2. The molecule has 1 unspecified atom stereocenters. The van der Waals surface area contributed by atoms with Gasteiger partial charge in [0.15, 0.2) is 0 Å². The molecule has 2 bridgehead atoms. The molecule has 3 aromatic rings. The molecule has 32 heavy (non-hydrogen) atoms. The van der Waals surface area contributed by atoms with E-state index in [4.69, 9.17) is 0 Å². The number of nitrogens with zero attached hydrogens (tertiary/aromatic N) is 3. The molecule has 0 N–H and O–H groups in total. The third kappa shape index (κ3) is 2.77. The average Bonchev–Trinajstić information content (AvgIpc) is 3.10. The molecular weight excluding hydrogens is 398 g/mol. The molecule has 160 valence electrons. The average molecular weight is 424 g/mol. The zero-order chi connectivity index (χ0) is 21.8. The Balaban J connectivity index is 1.52. The van der Waals surface area contributed by atoms with Crippen LogP contribution in [0.1, 0.15) is 45.2 Å². The van der Waals surface area contributed by atoms with Gasteiger partial charge in [0.25, 0.3) is 11.8 Å². The quantitative estimate of drug-likeness (QED) is 0.459. The molecule has 5 nitrogen and oxygen atoms in total. The summed E-state index contributed by atoms with van der Waals surface area (Å²) in [7, 11) is 0. The highest BCUT2D eigenvalue weighted by Crippen LogP contribution is 2.46. The number of piperidine rings is 3. The molecule has 2 amide bonds. The predicted octanol–water partition coefficient (Wildman–Crippen LogP) is 4.47. The molecule has 5 heterocycles. The number of aromatic nitrogens is 1. The number of benzene rings is 2. The molecule has 1 aromatic heterocycles. The fraction of sp³-hybridized carbons (Fsp3) is 0.296. The Morgan fingerprint density at radius 2 is 1.72 bits per heavy atom. The molecule has 0 spiro atoms. The van der Waals surface area contributed by atoms with Crippen LogP contribution in [-0.4, -0.2) is 45.7 Å². The highest BCUT2D eigenvalue weighted by atomic mass is 16.2. The molecular formula is C27H25N3O2. The van der Waals surface area contributed by atoms with Crippen LogP contribution in [-0.2, 0) is 0 Å². The van der Waals surface area contributed by atoms with Crippen molar-refractivity contribution in [2.45, 2.75) is 24.9 Å². The van der Waals surface area contributed by atoms with Crippen molar-refractivity contribution < 1.29 is 9.59 Å². The highest BCUT2D eigenvalue weighted by molar-refractivity contribution is 6.21. The maximum Gasteiger partial charge on any atom is 0.262 e. The fourth-order valence-corrected chi connectivity index (χ4v) is 6.06. The van der Waals surface area contributed by atoms with Crippen LogP contribution in [0, 0.1) is 11.8 Å². The van der Waals surface area contributed by atoms with Gasteiger partial charge in [-0.2, -0.15) is 0 Å². The third-order valence-electron chi connectivity index (χ3n) is 7.62. The lowest BCUT2D eigenvalue weighted by Crippen LogP contribution is -2.58. The number of fused-ring (bicyclic) bond motifs is 5. The summed E-state index contributed by atoms with van der Waals surface area (Å²) in [4.78, 5) is 35.7. The summed E-state index contributed by atoms with van der Waals surface area (Å²) in [6, 6.07) is 16.9. The van der Waals surface area contributed by atoms with Crippen molar-refractivity contribution in [1.29, 1.82) is 0 Å². The summed E-state index contributed by atoms with van der Waals surface area (Å²) >= 11 is 0. The maximum absolute atomic E-state index is 13.6. The van der Waals surface area contributed by atoms with E-state index in [-0.39, 0.29) is 23.9 Å². The number of imide groups is 1. The fourth-order valence-electron chi connectivity index (χ4n) is 6.06. The van der Waals surface area contributed by atoms with E-state index in [9.17, 15) is 9.59 Å². The van der Waals surface area contributed by atoms with Crippen molar-refractivity contribution in [3.8, 4) is 0 Å². The standard InChI is InChI=1S/C27H25N3O2/c1-2-17-16-29-14-12-18(17)15-24(29)25(20-11-13-28-23-10-6-5-7-19(20)23)30-26(31)21-8-3-4-9-22(21)27(30)32/h2-11,13,17-18,24-25H,1,12,14-16H2/t17-,18-,24+,25+/m0/s1. The summed E-state index contributed by atoms with van der Waals surface area (Å²) in [5.74, 6) is 0.615. The number of rotatable bonds is 4. The largest absolute Gasteiger partial charge is 0.297 e. The minimum absolute atomic E-state index is 0.0815. The second kappa shape index (κ2) is 7.38. The van der Waals surface area contributed by atoms with E-state index in [0.717, 1.165) is 42.4 Å². The van der Waals surface area contributed by atoms with Gasteiger partial charge in [-0.15, -0.1) is 6.58 Å². The van der Waals surface area contributed by atoms with E-state index in [1.165, 1.54) is 4.90 Å². The predicted molar refractivity (Wildman–Crippen MR) is 123 cm³/mol. The normalized spacial score (nSPS) is 27.6. The Labute approximate surface area is 187 Å². The van der Waals surface area contributed by atoms with Gasteiger partial charge in [-0.25, -0.2) is 0 Å². The first-order chi connectivity index (χ1) is 15.7. The topological polar surface area (TPSA) is 53.5 Å². The molecule has 4 aliphatic heterocycles. The van der Waals surface area contributed by atoms with Crippen LogP contribution in [0.4, 0.5) is 0 Å². The van der Waals surface area contributed by atoms with Gasteiger partial charge in [0, 0.05) is 24.2 Å². The van der Waals surface area contributed by atoms with E-state index in [1.807, 2.05) is 42.5 Å². The van der Waals surface area contributed by atoms with E-state index in [0.29, 0.717) is 23.0 Å². The zero-order valence-corrected chi connectivity index (χ0v) is 17.9. The Bertz CT molecular complexity index is 1210. The van der Waals surface area contributed by atoms with Gasteiger partial charge in [-0.05, 0) is 61.1 Å². The highest BCUT2D eigenvalue weighted by Gasteiger charge is 2.49. The monoisotopic (exact) mass is 423 g/mol. The third-order valence-corrected chi connectivity index (χ3v) is 7.62. The first-order valence-electron chi connectivity index (χ1n) is 11.3. The van der Waals surface area contributed by atoms with Crippen molar-refractivity contribution >= 4 is 22.7 Å². The zero-order valence-electron chi connectivity index (χ0n) is 17.9. The summed E-state index contributed by atoms with van der Waals surface area (Å²) in [6.45, 7) is 5.97. The molecule has 3 saturated heterocycles. The van der Waals surface area contributed by atoms with E-state index in [2.05, 4.69) is 22.5 Å². The molecule has 0 radical (unpaired) electrons. The van der Waals surface area contributed by atoms with E-state index in [1.54, 1.807) is 18.3 Å². The molecule has 0 aliphatic carbocycles. The second-order valence-electron chi connectivity index (χ2n) is 9.13. The van der Waals surface area contributed by atoms with Gasteiger partial charge in [-0.1, -0.05) is 36.4 Å². The first-order valence-corrected chi connectivity index (χ1v) is 11.3. The second-order valence-corrected chi connectivity index (χ2v) is 9.13. The summed E-state index contributed by atoms with van der Waals surface area (Å²) in [5, 5.41) is 1.000. The number of para-hydroxylation sites is 1. The van der Waals surface area contributed by atoms with Crippen LogP contribution in [0.5, 0.6) is 0 Å². The number of hydrogen-bond acceptors (Lipinski definition) is 4. The lowest BCUT2D eigenvalue weighted by Gasteiger charge is -2.52. The lowest BCUT2D eigenvalue weighted by molar-refractivity contribution is -0.0186. The van der Waals surface area contributed by atoms with Crippen LogP contribution in [0.15, 0.2) is 73.4 Å². The Kier molecular flexibility index (Phi) is 4.47. The van der Waals surface area contributed by atoms with Crippen LogP contribution in [0.3, 0.4) is 0 Å². The number of hydrogen-bond donors (Lipinski definition) is 0. The Hall–Kier alpha value is -3.31. The molecule has 3 fully saturated rings. The smallest absolute Gasteiger partial charge is 0.262 e. The van der Waals surface area contributed by atoms with Crippen molar-refractivity contribution in [2.75, 3.05) is 13.1 Å². The molecule has 4 aliphatic rings. The van der Waals surface area contributed by atoms with E-state index < -0.39 is 0 Å². The van der Waals surface area contributed by atoms with Crippen LogP contribution in [0.2, 0.25) is 0 Å². The maximum atomic E-state index is 13.6. The number of pyridine rings is 1. The molecule has 0 saturated carbocycles. The Morgan fingerprint density at radius 1 is 1.00 bits per heavy atom. The Morgan fingerprint density at radius 3 is 2.41 bits per heavy atom. The van der Waals surface area contributed by atoms with Crippen molar-refractivity contribution in [1.82, 2.24) is 14.8 Å². The van der Waals surface area contributed by atoms with Crippen LogP contribution >= 0.6 is 0 Å². The summed E-state index contributed by atoms with van der Waals surface area (Å²) in [5.41, 5.74) is 2.88. The van der Waals surface area contributed by atoms with Crippen molar-refractivity contribution in [3.05, 3.63) is 90.1 Å². The van der Waals surface area contributed by atoms with Gasteiger partial charge in [0.2, 0.25) is 0 Å². The van der Waals surface area contributed by atoms with Gasteiger partial charge in [0.1, 0.15) is 0 Å². The van der Waals surface area contributed by atoms with Gasteiger partial charge < -0.3 is 0 Å².